The normalized spacial score (nSPS) is 12.4. The summed E-state index contributed by atoms with van der Waals surface area (Å²) in [7, 11) is 0. The van der Waals surface area contributed by atoms with Gasteiger partial charge in [0.2, 0.25) is 0 Å². The summed E-state index contributed by atoms with van der Waals surface area (Å²) < 4.78 is 24.9. The van der Waals surface area contributed by atoms with Crippen LogP contribution in [0.4, 0.5) is 8.78 Å². The smallest absolute Gasteiger partial charge is 0.263 e. The molecule has 0 spiro atoms. The van der Waals surface area contributed by atoms with Crippen molar-refractivity contribution in [2.45, 2.75) is 38.8 Å². The number of alkyl halides is 2. The summed E-state index contributed by atoms with van der Waals surface area (Å²) in [5.41, 5.74) is 0.858. The molecule has 0 aliphatic carbocycles. The van der Waals surface area contributed by atoms with Crippen molar-refractivity contribution in [3.05, 3.63) is 35.4 Å². The largest absolute Gasteiger partial charge is 0.309 e. The van der Waals surface area contributed by atoms with Crippen molar-refractivity contribution in [2.24, 2.45) is 0 Å². The molecule has 1 unspecified atom stereocenters. The van der Waals surface area contributed by atoms with E-state index in [0.717, 1.165) is 12.0 Å². The Kier molecular flexibility index (Phi) is 5.58. The van der Waals surface area contributed by atoms with Crippen LogP contribution in [0, 0.1) is 11.3 Å². The minimum Gasteiger partial charge on any atom is -0.309 e. The Morgan fingerprint density at radius 1 is 1.41 bits per heavy atom. The number of nitrogens with zero attached hydrogens (tertiary/aromatic N) is 1. The van der Waals surface area contributed by atoms with Gasteiger partial charge in [-0.15, -0.1) is 0 Å². The van der Waals surface area contributed by atoms with Gasteiger partial charge in [-0.25, -0.2) is 8.78 Å². The first-order chi connectivity index (χ1) is 8.17. The first kappa shape index (κ1) is 13.6. The highest BCUT2D eigenvalue weighted by Crippen LogP contribution is 2.19. The molecule has 1 aromatic rings. The van der Waals surface area contributed by atoms with Crippen molar-refractivity contribution in [3.63, 3.8) is 0 Å². The van der Waals surface area contributed by atoms with Crippen molar-refractivity contribution in [1.29, 1.82) is 5.26 Å². The molecular weight excluding hydrogens is 222 g/mol. The monoisotopic (exact) mass is 238 g/mol. The lowest BCUT2D eigenvalue weighted by atomic mass is 10.1. The lowest BCUT2D eigenvalue weighted by Crippen LogP contribution is -2.27. The maximum atomic E-state index is 12.5. The van der Waals surface area contributed by atoms with Crippen LogP contribution >= 0.6 is 0 Å². The average Bonchev–Trinajstić information content (AvgIpc) is 2.34. The molecule has 17 heavy (non-hydrogen) atoms. The number of benzene rings is 1. The van der Waals surface area contributed by atoms with E-state index in [9.17, 15) is 8.78 Å². The van der Waals surface area contributed by atoms with Gasteiger partial charge in [0, 0.05) is 18.2 Å². The number of hydrogen-bond acceptors (Lipinski definition) is 2. The summed E-state index contributed by atoms with van der Waals surface area (Å²) in [6.07, 6.45) is -1.15. The van der Waals surface area contributed by atoms with E-state index in [1.165, 1.54) is 12.1 Å². The Balaban J connectivity index is 2.57. The summed E-state index contributed by atoms with van der Waals surface area (Å²) in [5.74, 6) is 0. The summed E-state index contributed by atoms with van der Waals surface area (Å²) in [6, 6.07) is 8.57. The third kappa shape index (κ3) is 4.49. The van der Waals surface area contributed by atoms with E-state index in [-0.39, 0.29) is 11.6 Å². The molecule has 0 aliphatic rings. The molecular formula is C13H16F2N2. The van der Waals surface area contributed by atoms with Crippen molar-refractivity contribution < 1.29 is 8.78 Å². The second kappa shape index (κ2) is 6.97. The fourth-order valence-corrected chi connectivity index (χ4v) is 1.57. The molecule has 0 saturated carbocycles. The molecule has 0 heterocycles. The number of hydrogen-bond donors (Lipinski definition) is 1. The summed E-state index contributed by atoms with van der Waals surface area (Å²) in [4.78, 5) is 0. The molecule has 1 N–H and O–H groups in total. The van der Waals surface area contributed by atoms with Crippen LogP contribution in [0.2, 0.25) is 0 Å². The van der Waals surface area contributed by atoms with Crippen molar-refractivity contribution in [1.82, 2.24) is 5.32 Å². The molecule has 1 atom stereocenters. The van der Waals surface area contributed by atoms with E-state index in [0.29, 0.717) is 13.0 Å². The molecule has 0 radical (unpaired) electrons. The van der Waals surface area contributed by atoms with Crippen LogP contribution in [0.1, 0.15) is 37.3 Å². The number of rotatable bonds is 6. The van der Waals surface area contributed by atoms with Crippen LogP contribution in [0.3, 0.4) is 0 Å². The molecule has 0 aromatic heterocycles. The second-order valence-corrected chi connectivity index (χ2v) is 3.89. The van der Waals surface area contributed by atoms with E-state index in [1.54, 1.807) is 12.1 Å². The SMILES string of the molecule is CCC(CC#N)NCc1cccc(C(F)F)c1. The molecule has 0 bridgehead atoms. The fourth-order valence-electron chi connectivity index (χ4n) is 1.57. The number of nitrogens with one attached hydrogen (secondary N) is 1. The van der Waals surface area contributed by atoms with Gasteiger partial charge in [0.1, 0.15) is 0 Å². The lowest BCUT2D eigenvalue weighted by molar-refractivity contribution is 0.151. The predicted molar refractivity (Wildman–Crippen MR) is 62.5 cm³/mol. The molecule has 1 aromatic carbocycles. The van der Waals surface area contributed by atoms with E-state index < -0.39 is 6.43 Å². The van der Waals surface area contributed by atoms with Crippen LogP contribution in [-0.2, 0) is 6.54 Å². The standard InChI is InChI=1S/C13H16F2N2/c1-2-12(6-7-16)17-9-10-4-3-5-11(8-10)13(14)15/h3-5,8,12-13,17H,2,6,9H2,1H3. The Morgan fingerprint density at radius 3 is 2.76 bits per heavy atom. The van der Waals surface area contributed by atoms with Gasteiger partial charge < -0.3 is 5.32 Å². The molecule has 0 saturated heterocycles. The number of halogens is 2. The van der Waals surface area contributed by atoms with Gasteiger partial charge in [-0.1, -0.05) is 25.1 Å². The molecule has 0 amide bonds. The maximum absolute atomic E-state index is 12.5. The molecule has 2 nitrogen and oxygen atoms in total. The van der Waals surface area contributed by atoms with Gasteiger partial charge >= 0.3 is 0 Å². The van der Waals surface area contributed by atoms with Crippen molar-refractivity contribution in [3.8, 4) is 6.07 Å². The summed E-state index contributed by atoms with van der Waals surface area (Å²) >= 11 is 0. The highest BCUT2D eigenvalue weighted by Gasteiger charge is 2.08. The van der Waals surface area contributed by atoms with Gasteiger partial charge in [-0.3, -0.25) is 0 Å². The minimum absolute atomic E-state index is 0.0395. The maximum Gasteiger partial charge on any atom is 0.263 e. The van der Waals surface area contributed by atoms with Crippen LogP contribution in [0.25, 0.3) is 0 Å². The average molecular weight is 238 g/mol. The zero-order valence-electron chi connectivity index (χ0n) is 9.79. The molecule has 92 valence electrons. The van der Waals surface area contributed by atoms with Gasteiger partial charge in [-0.2, -0.15) is 5.26 Å². The molecule has 0 fully saturated rings. The van der Waals surface area contributed by atoms with Crippen LogP contribution in [-0.4, -0.2) is 6.04 Å². The van der Waals surface area contributed by atoms with Gasteiger partial charge in [0.15, 0.2) is 0 Å². The number of nitriles is 1. The molecule has 1 rings (SSSR count). The van der Waals surface area contributed by atoms with Crippen molar-refractivity contribution in [2.75, 3.05) is 0 Å². The third-order valence-corrected chi connectivity index (χ3v) is 2.63. The first-order valence-electron chi connectivity index (χ1n) is 5.64. The Bertz CT molecular complexity index is 385. The Hall–Kier alpha value is -1.47. The first-order valence-corrected chi connectivity index (χ1v) is 5.64. The summed E-state index contributed by atoms with van der Waals surface area (Å²) in [6.45, 7) is 2.51. The van der Waals surface area contributed by atoms with E-state index >= 15 is 0 Å². The summed E-state index contributed by atoms with van der Waals surface area (Å²) in [5, 5.41) is 11.8. The van der Waals surface area contributed by atoms with Crippen molar-refractivity contribution >= 4 is 0 Å². The third-order valence-electron chi connectivity index (χ3n) is 2.63. The van der Waals surface area contributed by atoms with Crippen LogP contribution in [0.15, 0.2) is 24.3 Å². The molecule has 0 aliphatic heterocycles. The fraction of sp³-hybridized carbons (Fsp3) is 0.462. The predicted octanol–water partition coefficient (Wildman–Crippen LogP) is 3.41. The lowest BCUT2D eigenvalue weighted by Gasteiger charge is -2.13. The second-order valence-electron chi connectivity index (χ2n) is 3.89. The molecule has 4 heteroatoms. The minimum atomic E-state index is -2.43. The zero-order valence-corrected chi connectivity index (χ0v) is 9.79. The zero-order chi connectivity index (χ0) is 12.7. The Labute approximate surface area is 100 Å². The van der Waals surface area contributed by atoms with E-state index in [4.69, 9.17) is 5.26 Å². The van der Waals surface area contributed by atoms with Gasteiger partial charge in [0.05, 0.1) is 12.5 Å². The highest BCUT2D eigenvalue weighted by molar-refractivity contribution is 5.24. The van der Waals surface area contributed by atoms with Crippen LogP contribution in [0.5, 0.6) is 0 Å². The quantitative estimate of drug-likeness (QED) is 0.824. The highest BCUT2D eigenvalue weighted by atomic mass is 19.3. The van der Waals surface area contributed by atoms with Gasteiger partial charge in [0.25, 0.3) is 6.43 Å². The van der Waals surface area contributed by atoms with Crippen LogP contribution < -0.4 is 5.32 Å². The Morgan fingerprint density at radius 2 is 2.18 bits per heavy atom. The van der Waals surface area contributed by atoms with Gasteiger partial charge in [-0.05, 0) is 18.1 Å². The topological polar surface area (TPSA) is 35.8 Å². The van der Waals surface area contributed by atoms with E-state index in [1.807, 2.05) is 6.92 Å². The van der Waals surface area contributed by atoms with E-state index in [2.05, 4.69) is 11.4 Å².